The van der Waals surface area contributed by atoms with E-state index in [2.05, 4.69) is 130 Å². The summed E-state index contributed by atoms with van der Waals surface area (Å²) in [4.78, 5) is 11.6. The van der Waals surface area contributed by atoms with Gasteiger partial charge >= 0.3 is 0 Å². The van der Waals surface area contributed by atoms with Gasteiger partial charge in [-0.15, -0.1) is 21.5 Å². The number of phenols is 1. The summed E-state index contributed by atoms with van der Waals surface area (Å²) in [5.41, 5.74) is 11.3. The average molecular weight is 789 g/mol. The van der Waals surface area contributed by atoms with E-state index in [0.29, 0.717) is 17.6 Å². The number of fused-ring (bicyclic) bond motifs is 4. The van der Waals surface area contributed by atoms with Crippen LogP contribution < -0.4 is 9.64 Å². The number of anilines is 1. The molecule has 0 radical (unpaired) electrons. The van der Waals surface area contributed by atoms with E-state index in [1.807, 2.05) is 30.4 Å². The Morgan fingerprint density at radius 1 is 0.828 bits per heavy atom. The Labute approximate surface area is 345 Å². The summed E-state index contributed by atoms with van der Waals surface area (Å²) >= 11 is 1.81. The Bertz CT molecular complexity index is 2460. The number of phenolic OH excluding ortho intramolecular Hbond substituents is 1. The molecular formula is C49H52N6O2S. The molecule has 1 aliphatic carbocycles. The number of hydrogen-bond acceptors (Lipinski definition) is 8. The molecule has 4 aliphatic rings. The maximum Gasteiger partial charge on any atom is 0.162 e. The molecular weight excluding hydrogens is 737 g/mol. The number of aryl methyl sites for hydroxylation is 3. The van der Waals surface area contributed by atoms with Crippen molar-refractivity contribution in [3.8, 4) is 16.5 Å². The van der Waals surface area contributed by atoms with E-state index in [-0.39, 0.29) is 12.0 Å². The second-order valence-corrected chi connectivity index (χ2v) is 18.3. The van der Waals surface area contributed by atoms with Crippen molar-refractivity contribution in [2.45, 2.75) is 64.8 Å². The third-order valence-corrected chi connectivity index (χ3v) is 14.4. The van der Waals surface area contributed by atoms with Crippen LogP contribution in [0.15, 0.2) is 102 Å². The lowest BCUT2D eigenvalue weighted by Gasteiger charge is -2.44. The van der Waals surface area contributed by atoms with Gasteiger partial charge < -0.3 is 19.6 Å². The van der Waals surface area contributed by atoms with Crippen LogP contribution in [0.4, 0.5) is 5.69 Å². The molecule has 10 rings (SSSR count). The second kappa shape index (κ2) is 15.2. The van der Waals surface area contributed by atoms with Gasteiger partial charge in [-0.3, -0.25) is 9.56 Å². The Kier molecular flexibility index (Phi) is 9.69. The van der Waals surface area contributed by atoms with E-state index < -0.39 is 0 Å². The summed E-state index contributed by atoms with van der Waals surface area (Å²) in [6, 6.07) is 34.6. The molecule has 58 heavy (non-hydrogen) atoms. The van der Waals surface area contributed by atoms with Crippen LogP contribution in [-0.4, -0.2) is 69.8 Å². The zero-order valence-electron chi connectivity index (χ0n) is 33.9. The third kappa shape index (κ3) is 6.82. The van der Waals surface area contributed by atoms with E-state index in [0.717, 1.165) is 86.8 Å². The Hall–Kier alpha value is -5.25. The van der Waals surface area contributed by atoms with Crippen LogP contribution in [-0.2, 0) is 6.42 Å². The minimum absolute atomic E-state index is 0.0729. The molecule has 0 bridgehead atoms. The van der Waals surface area contributed by atoms with Crippen LogP contribution in [0.25, 0.3) is 5.00 Å². The monoisotopic (exact) mass is 788 g/mol. The minimum atomic E-state index is -0.0729. The number of benzene rings is 4. The molecule has 0 unspecified atom stereocenters. The lowest BCUT2D eigenvalue weighted by molar-refractivity contribution is 0.0561. The summed E-state index contributed by atoms with van der Waals surface area (Å²) < 4.78 is 8.54. The summed E-state index contributed by atoms with van der Waals surface area (Å²) in [7, 11) is 0. The quantitative estimate of drug-likeness (QED) is 0.149. The largest absolute Gasteiger partial charge is 0.508 e. The van der Waals surface area contributed by atoms with E-state index in [1.165, 1.54) is 55.4 Å². The topological polar surface area (TPSA) is 79.0 Å². The predicted octanol–water partition coefficient (Wildman–Crippen LogP) is 9.57. The summed E-state index contributed by atoms with van der Waals surface area (Å²) in [5, 5.41) is 20.3. The van der Waals surface area contributed by atoms with E-state index >= 15 is 0 Å². The van der Waals surface area contributed by atoms with Crippen molar-refractivity contribution in [3.63, 3.8) is 0 Å². The van der Waals surface area contributed by atoms with Crippen molar-refractivity contribution >= 4 is 22.7 Å². The van der Waals surface area contributed by atoms with Gasteiger partial charge in [0, 0.05) is 59.7 Å². The SMILES string of the molecule is Cc1sc2c(c1C)C(c1ccc(N3CC(CCN4CC(COc5ccc([C@@H]6c7ccc(O)cc7CC[C@@H]6c6ccccc6)cc5)C4)C3)cc1)=N[C@@H](C)c1nnc(C)n1-2. The minimum Gasteiger partial charge on any atom is -0.508 e. The van der Waals surface area contributed by atoms with Crippen LogP contribution in [0.3, 0.4) is 0 Å². The van der Waals surface area contributed by atoms with Crippen LogP contribution >= 0.6 is 11.3 Å². The van der Waals surface area contributed by atoms with Crippen molar-refractivity contribution in [2.75, 3.05) is 44.2 Å². The predicted molar refractivity (Wildman–Crippen MR) is 234 cm³/mol. The molecule has 6 aromatic rings. The highest BCUT2D eigenvalue weighted by Gasteiger charge is 2.34. The number of aromatic nitrogens is 3. The van der Waals surface area contributed by atoms with Gasteiger partial charge in [0.2, 0.25) is 0 Å². The van der Waals surface area contributed by atoms with Crippen LogP contribution in [0.2, 0.25) is 0 Å². The standard InChI is InChI=1S/C49H52N6O2S/c1-30-32(3)58-49-45(30)47(50-31(2)48-52-51-33(4)55(48)49)38-10-15-40(16-11-38)54-27-34(28-54)22-23-53-25-35(26-53)29-57-42-18-12-37(13-19-42)46-43(36-8-6-5-7-9-36)20-14-39-24-41(56)17-21-44(39)46/h5-13,15-19,21,24,31,34-35,43,46,56H,14,20,22-23,25-29H2,1-4H3/t31-,43+,46-/m0/s1. The number of hydrogen-bond donors (Lipinski definition) is 1. The number of thiophene rings is 1. The van der Waals surface area contributed by atoms with Crippen molar-refractivity contribution in [1.82, 2.24) is 19.7 Å². The van der Waals surface area contributed by atoms with Gasteiger partial charge in [0.15, 0.2) is 5.82 Å². The number of likely N-dealkylation sites (tertiary alicyclic amines) is 1. The Morgan fingerprint density at radius 3 is 2.38 bits per heavy atom. The number of aromatic hydroxyl groups is 1. The molecule has 3 atom stereocenters. The second-order valence-electron chi connectivity index (χ2n) is 17.1. The fraction of sp³-hybridized carbons (Fsp3) is 0.367. The summed E-state index contributed by atoms with van der Waals surface area (Å²) in [6.07, 6.45) is 3.29. The van der Waals surface area contributed by atoms with Gasteiger partial charge in [0.1, 0.15) is 28.4 Å². The number of aliphatic imine (C=N–C) groups is 1. The van der Waals surface area contributed by atoms with Crippen molar-refractivity contribution in [2.24, 2.45) is 16.8 Å². The third-order valence-electron chi connectivity index (χ3n) is 13.2. The van der Waals surface area contributed by atoms with Crippen LogP contribution in [0.5, 0.6) is 11.5 Å². The fourth-order valence-corrected chi connectivity index (χ4v) is 11.1. The Morgan fingerprint density at radius 2 is 1.60 bits per heavy atom. The van der Waals surface area contributed by atoms with Crippen LogP contribution in [0.1, 0.15) is 93.1 Å². The maximum absolute atomic E-state index is 10.2. The smallest absolute Gasteiger partial charge is 0.162 e. The molecule has 2 fully saturated rings. The lowest BCUT2D eigenvalue weighted by Crippen LogP contribution is -2.52. The molecule has 1 N–H and O–H groups in total. The molecule has 5 heterocycles. The first-order valence-electron chi connectivity index (χ1n) is 21.0. The fourth-order valence-electron chi connectivity index (χ4n) is 9.87. The molecule has 8 nitrogen and oxygen atoms in total. The van der Waals surface area contributed by atoms with E-state index in [4.69, 9.17) is 9.73 Å². The molecule has 2 aromatic heterocycles. The van der Waals surface area contributed by atoms with Crippen LogP contribution in [0, 0.1) is 32.6 Å². The molecule has 4 aromatic carbocycles. The molecule has 296 valence electrons. The highest BCUT2D eigenvalue weighted by atomic mass is 32.1. The summed E-state index contributed by atoms with van der Waals surface area (Å²) in [6.45, 7) is 15.0. The van der Waals surface area contributed by atoms with Crippen molar-refractivity contribution < 1.29 is 9.84 Å². The van der Waals surface area contributed by atoms with E-state index in [1.54, 1.807) is 0 Å². The maximum atomic E-state index is 10.2. The van der Waals surface area contributed by atoms with Gasteiger partial charge in [-0.2, -0.15) is 0 Å². The zero-order chi connectivity index (χ0) is 39.5. The van der Waals surface area contributed by atoms with Gasteiger partial charge in [-0.05, 0) is 130 Å². The first-order valence-corrected chi connectivity index (χ1v) is 21.9. The van der Waals surface area contributed by atoms with Gasteiger partial charge in [0.05, 0.1) is 12.3 Å². The number of nitrogens with zero attached hydrogens (tertiary/aromatic N) is 6. The normalized spacial score (nSPS) is 20.7. The highest BCUT2D eigenvalue weighted by Crippen LogP contribution is 2.47. The average Bonchev–Trinajstić information content (AvgIpc) is 3.70. The zero-order valence-corrected chi connectivity index (χ0v) is 34.8. The van der Waals surface area contributed by atoms with Gasteiger partial charge in [-0.1, -0.05) is 60.7 Å². The first kappa shape index (κ1) is 37.0. The molecule has 3 aliphatic heterocycles. The molecule has 0 amide bonds. The van der Waals surface area contributed by atoms with Gasteiger partial charge in [0.25, 0.3) is 0 Å². The number of ether oxygens (including phenoxy) is 1. The molecule has 0 spiro atoms. The first-order chi connectivity index (χ1) is 28.3. The summed E-state index contributed by atoms with van der Waals surface area (Å²) in [5.74, 6) is 5.08. The van der Waals surface area contributed by atoms with Crippen molar-refractivity contribution in [1.29, 1.82) is 0 Å². The Balaban J connectivity index is 0.696. The highest BCUT2D eigenvalue weighted by molar-refractivity contribution is 7.15. The molecule has 9 heteroatoms. The molecule has 0 saturated carbocycles. The molecule has 2 saturated heterocycles. The number of rotatable bonds is 10. The van der Waals surface area contributed by atoms with Crippen molar-refractivity contribution in [3.05, 3.63) is 153 Å². The lowest BCUT2D eigenvalue weighted by atomic mass is 9.69. The van der Waals surface area contributed by atoms with Gasteiger partial charge in [-0.25, -0.2) is 0 Å². The van der Waals surface area contributed by atoms with E-state index in [9.17, 15) is 5.11 Å².